The van der Waals surface area contributed by atoms with Gasteiger partial charge in [0, 0.05) is 42.5 Å². The molecule has 0 unspecified atom stereocenters. The molecule has 1 N–H and O–H groups in total. The van der Waals surface area contributed by atoms with E-state index in [1.807, 2.05) is 29.2 Å². The lowest BCUT2D eigenvalue weighted by Gasteiger charge is -2.32. The smallest absolute Gasteiger partial charge is 0.258 e. The van der Waals surface area contributed by atoms with E-state index in [-0.39, 0.29) is 36.8 Å². The molecule has 5 rings (SSSR count). The standard InChI is InChI=1S/C27H28N4OS.2ClH/c1-18-9-7-10-19(2)25(18)33-27-23(26(32)30-16-15-28-20(3)17-30)24-22(13-8-14-29-24)31(27)21-11-5-4-6-12-21;;/h4-14,20,28H,15-17H2,1-3H3;2*1H/t20-;;/m0../s1. The van der Waals surface area contributed by atoms with Crippen LogP contribution in [0.25, 0.3) is 16.7 Å². The Balaban J connectivity index is 0.00000171. The Morgan fingerprint density at radius 3 is 2.40 bits per heavy atom. The third-order valence-electron chi connectivity index (χ3n) is 6.17. The lowest BCUT2D eigenvalue weighted by Crippen LogP contribution is -2.51. The highest BCUT2D eigenvalue weighted by atomic mass is 35.5. The number of piperazine rings is 1. The van der Waals surface area contributed by atoms with Crippen molar-refractivity contribution in [2.75, 3.05) is 19.6 Å². The van der Waals surface area contributed by atoms with Crippen LogP contribution in [0.3, 0.4) is 0 Å². The zero-order chi connectivity index (χ0) is 22.9. The summed E-state index contributed by atoms with van der Waals surface area (Å²) in [5.74, 6) is 0.0514. The fourth-order valence-electron chi connectivity index (χ4n) is 4.55. The predicted octanol–water partition coefficient (Wildman–Crippen LogP) is 6.07. The number of aromatic nitrogens is 2. The molecule has 0 bridgehead atoms. The van der Waals surface area contributed by atoms with Gasteiger partial charge in [-0.15, -0.1) is 24.8 Å². The summed E-state index contributed by atoms with van der Waals surface area (Å²) >= 11 is 1.67. The first-order valence-corrected chi connectivity index (χ1v) is 12.2. The number of pyridine rings is 1. The maximum absolute atomic E-state index is 14.0. The van der Waals surface area contributed by atoms with E-state index in [9.17, 15) is 4.79 Å². The molecule has 1 saturated heterocycles. The molecule has 35 heavy (non-hydrogen) atoms. The van der Waals surface area contributed by atoms with Gasteiger partial charge in [0.25, 0.3) is 5.91 Å². The van der Waals surface area contributed by atoms with Gasteiger partial charge in [0.2, 0.25) is 0 Å². The van der Waals surface area contributed by atoms with Crippen molar-refractivity contribution in [3.8, 4) is 5.69 Å². The Morgan fingerprint density at radius 1 is 1.00 bits per heavy atom. The minimum atomic E-state index is 0. The molecule has 1 amide bonds. The molecule has 4 aromatic rings. The first-order valence-electron chi connectivity index (χ1n) is 11.4. The number of para-hydroxylation sites is 1. The highest BCUT2D eigenvalue weighted by molar-refractivity contribution is 7.99. The lowest BCUT2D eigenvalue weighted by molar-refractivity contribution is 0.0707. The molecule has 0 saturated carbocycles. The third-order valence-corrected chi connectivity index (χ3v) is 7.60. The summed E-state index contributed by atoms with van der Waals surface area (Å²) in [6.45, 7) is 8.57. The highest BCUT2D eigenvalue weighted by Gasteiger charge is 2.30. The topological polar surface area (TPSA) is 50.2 Å². The normalized spacial score (nSPS) is 15.4. The van der Waals surface area contributed by atoms with Crippen LogP contribution < -0.4 is 5.32 Å². The van der Waals surface area contributed by atoms with Crippen LogP contribution in [-0.2, 0) is 0 Å². The summed E-state index contributed by atoms with van der Waals surface area (Å²) in [7, 11) is 0. The number of nitrogens with one attached hydrogen (secondary N) is 1. The van der Waals surface area contributed by atoms with Crippen molar-refractivity contribution >= 4 is 53.5 Å². The number of halogens is 2. The Bertz CT molecular complexity index is 1310. The monoisotopic (exact) mass is 528 g/mol. The van der Waals surface area contributed by atoms with E-state index < -0.39 is 0 Å². The fourth-order valence-corrected chi connectivity index (χ4v) is 5.78. The van der Waals surface area contributed by atoms with Gasteiger partial charge in [-0.1, -0.05) is 48.2 Å². The molecule has 1 fully saturated rings. The number of carbonyl (C=O) groups is 1. The summed E-state index contributed by atoms with van der Waals surface area (Å²) < 4.78 is 2.19. The Morgan fingerprint density at radius 2 is 1.71 bits per heavy atom. The number of rotatable bonds is 4. The zero-order valence-electron chi connectivity index (χ0n) is 20.0. The van der Waals surface area contributed by atoms with Crippen molar-refractivity contribution in [1.82, 2.24) is 19.8 Å². The predicted molar refractivity (Wildman–Crippen MR) is 149 cm³/mol. The average molecular weight is 530 g/mol. The maximum Gasteiger partial charge on any atom is 0.258 e. The van der Waals surface area contributed by atoms with Crippen LogP contribution in [0.5, 0.6) is 0 Å². The molecule has 0 spiro atoms. The van der Waals surface area contributed by atoms with E-state index in [0.717, 1.165) is 28.3 Å². The van der Waals surface area contributed by atoms with Gasteiger partial charge in [-0.25, -0.2) is 0 Å². The second-order valence-corrected chi connectivity index (χ2v) is 9.65. The van der Waals surface area contributed by atoms with Gasteiger partial charge >= 0.3 is 0 Å². The van der Waals surface area contributed by atoms with Crippen LogP contribution in [0.15, 0.2) is 76.8 Å². The molecule has 1 aliphatic rings. The number of carbonyl (C=O) groups excluding carboxylic acids is 1. The lowest BCUT2D eigenvalue weighted by atomic mass is 10.2. The SMILES string of the molecule is Cc1cccc(C)c1Sc1c(C(=O)N2CCN[C@@H](C)C2)c2ncccc2n1-c1ccccc1.Cl.Cl. The van der Waals surface area contributed by atoms with Crippen LogP contribution in [0.4, 0.5) is 0 Å². The molecule has 5 nitrogen and oxygen atoms in total. The summed E-state index contributed by atoms with van der Waals surface area (Å²) in [6.07, 6.45) is 1.78. The zero-order valence-corrected chi connectivity index (χ0v) is 22.5. The van der Waals surface area contributed by atoms with Gasteiger partial charge in [-0.2, -0.15) is 0 Å². The molecule has 184 valence electrons. The largest absolute Gasteiger partial charge is 0.336 e. The van der Waals surface area contributed by atoms with E-state index in [1.165, 1.54) is 16.0 Å². The average Bonchev–Trinajstić information content (AvgIpc) is 3.15. The number of fused-ring (bicyclic) bond motifs is 1. The van der Waals surface area contributed by atoms with Crippen LogP contribution in [0.1, 0.15) is 28.4 Å². The molecule has 2 aromatic heterocycles. The van der Waals surface area contributed by atoms with Crippen molar-refractivity contribution in [2.45, 2.75) is 36.7 Å². The van der Waals surface area contributed by atoms with E-state index in [2.05, 4.69) is 67.1 Å². The maximum atomic E-state index is 14.0. The molecular weight excluding hydrogens is 499 g/mol. The minimum Gasteiger partial charge on any atom is -0.336 e. The molecule has 0 aliphatic carbocycles. The summed E-state index contributed by atoms with van der Waals surface area (Å²) in [5.41, 5.74) is 5.82. The van der Waals surface area contributed by atoms with Gasteiger partial charge < -0.3 is 14.8 Å². The van der Waals surface area contributed by atoms with Crippen molar-refractivity contribution in [1.29, 1.82) is 0 Å². The highest BCUT2D eigenvalue weighted by Crippen LogP contribution is 2.41. The van der Waals surface area contributed by atoms with Crippen molar-refractivity contribution < 1.29 is 4.79 Å². The molecular formula is C27H30Cl2N4OS. The van der Waals surface area contributed by atoms with Crippen molar-refractivity contribution in [3.05, 3.63) is 83.6 Å². The summed E-state index contributed by atoms with van der Waals surface area (Å²) in [4.78, 5) is 21.9. The summed E-state index contributed by atoms with van der Waals surface area (Å²) in [6, 6.07) is 20.9. The number of hydrogen-bond acceptors (Lipinski definition) is 4. The van der Waals surface area contributed by atoms with E-state index >= 15 is 0 Å². The summed E-state index contributed by atoms with van der Waals surface area (Å²) in [5, 5.41) is 4.36. The van der Waals surface area contributed by atoms with E-state index in [1.54, 1.807) is 18.0 Å². The Kier molecular flexibility index (Phi) is 8.89. The number of nitrogens with zero attached hydrogens (tertiary/aromatic N) is 3. The van der Waals surface area contributed by atoms with E-state index in [4.69, 9.17) is 4.98 Å². The first-order chi connectivity index (χ1) is 16.0. The quantitative estimate of drug-likeness (QED) is 0.349. The number of hydrogen-bond donors (Lipinski definition) is 1. The van der Waals surface area contributed by atoms with Crippen molar-refractivity contribution in [2.24, 2.45) is 0 Å². The Labute approximate surface area is 223 Å². The molecule has 1 aliphatic heterocycles. The number of benzene rings is 2. The van der Waals surface area contributed by atoms with Gasteiger partial charge in [0.05, 0.1) is 16.1 Å². The third kappa shape index (κ3) is 5.21. The fraction of sp³-hybridized carbons (Fsp3) is 0.259. The van der Waals surface area contributed by atoms with Crippen LogP contribution in [0, 0.1) is 13.8 Å². The second-order valence-electron chi connectivity index (χ2n) is 8.65. The second kappa shape index (κ2) is 11.5. The van der Waals surface area contributed by atoms with Crippen LogP contribution in [-0.4, -0.2) is 46.0 Å². The molecule has 2 aromatic carbocycles. The van der Waals surface area contributed by atoms with Crippen molar-refractivity contribution in [3.63, 3.8) is 0 Å². The molecule has 3 heterocycles. The molecule has 0 radical (unpaired) electrons. The van der Waals surface area contributed by atoms with Crippen LogP contribution in [0.2, 0.25) is 0 Å². The molecule has 1 atom stereocenters. The number of amides is 1. The first kappa shape index (κ1) is 27.1. The van der Waals surface area contributed by atoms with Gasteiger partial charge in [-0.3, -0.25) is 9.78 Å². The van der Waals surface area contributed by atoms with Gasteiger partial charge in [0.15, 0.2) is 0 Å². The van der Waals surface area contributed by atoms with Gasteiger partial charge in [-0.05, 0) is 56.2 Å². The molecule has 8 heteroatoms. The Hall–Kier alpha value is -2.51. The van der Waals surface area contributed by atoms with Gasteiger partial charge in [0.1, 0.15) is 5.52 Å². The number of aryl methyl sites for hydroxylation is 2. The van der Waals surface area contributed by atoms with Crippen LogP contribution >= 0.6 is 36.6 Å². The minimum absolute atomic E-state index is 0. The van der Waals surface area contributed by atoms with E-state index in [0.29, 0.717) is 18.7 Å².